The Balaban J connectivity index is 2.37. The first kappa shape index (κ1) is 16.9. The van der Waals surface area contributed by atoms with E-state index >= 15 is 0 Å². The molecule has 0 radical (unpaired) electrons. The Labute approximate surface area is 135 Å². The highest BCUT2D eigenvalue weighted by molar-refractivity contribution is 14.1. The van der Waals surface area contributed by atoms with Crippen molar-refractivity contribution < 1.29 is 31.1 Å². The highest BCUT2D eigenvalue weighted by Gasteiger charge is 2.32. The van der Waals surface area contributed by atoms with E-state index in [9.17, 15) is 26.3 Å². The fourth-order valence-corrected chi connectivity index (χ4v) is 2.39. The average Bonchev–Trinajstić information content (AvgIpc) is 2.39. The van der Waals surface area contributed by atoms with Crippen LogP contribution in [0.25, 0.3) is 11.1 Å². The van der Waals surface area contributed by atoms with Gasteiger partial charge in [-0.25, -0.2) is 0 Å². The standard InChI is InChI=1S/C14H7F6IO/c15-13(16,17)10-3-1-2-8(6-10)9-4-5-12(11(21)7-9)22-14(18,19)20/h1-7H. The molecule has 2 rings (SSSR count). The SMILES string of the molecule is FC(F)(F)Oc1ccc(-c2cccc(C(F)(F)F)c2)cc1I. The summed E-state index contributed by atoms with van der Waals surface area (Å²) in [6.45, 7) is 0. The molecular formula is C14H7F6IO. The third-order valence-corrected chi connectivity index (χ3v) is 3.52. The minimum absolute atomic E-state index is 0.143. The van der Waals surface area contributed by atoms with E-state index in [4.69, 9.17) is 0 Å². The molecule has 0 bridgehead atoms. The van der Waals surface area contributed by atoms with Crippen LogP contribution in [-0.2, 0) is 6.18 Å². The Hall–Kier alpha value is -1.45. The van der Waals surface area contributed by atoms with E-state index < -0.39 is 23.9 Å². The van der Waals surface area contributed by atoms with E-state index in [0.717, 1.165) is 18.2 Å². The first-order chi connectivity index (χ1) is 10.1. The number of halogens is 7. The van der Waals surface area contributed by atoms with Gasteiger partial charge in [-0.05, 0) is 58.0 Å². The van der Waals surface area contributed by atoms with Gasteiger partial charge in [0.15, 0.2) is 0 Å². The molecule has 0 spiro atoms. The van der Waals surface area contributed by atoms with Crippen molar-refractivity contribution in [1.29, 1.82) is 0 Å². The largest absolute Gasteiger partial charge is 0.573 e. The Kier molecular flexibility index (Phi) is 4.59. The summed E-state index contributed by atoms with van der Waals surface area (Å²) in [7, 11) is 0. The Morgan fingerprint density at radius 1 is 0.818 bits per heavy atom. The van der Waals surface area contributed by atoms with Crippen molar-refractivity contribution in [2.45, 2.75) is 12.5 Å². The predicted octanol–water partition coefficient (Wildman–Crippen LogP) is 5.88. The number of hydrogen-bond donors (Lipinski definition) is 0. The van der Waals surface area contributed by atoms with Gasteiger partial charge in [0.05, 0.1) is 9.13 Å². The number of benzene rings is 2. The molecular weight excluding hydrogens is 425 g/mol. The maximum absolute atomic E-state index is 12.7. The molecule has 0 aliphatic carbocycles. The molecule has 22 heavy (non-hydrogen) atoms. The summed E-state index contributed by atoms with van der Waals surface area (Å²) < 4.78 is 78.5. The van der Waals surface area contributed by atoms with Gasteiger partial charge >= 0.3 is 12.5 Å². The molecule has 0 aromatic heterocycles. The summed E-state index contributed by atoms with van der Waals surface area (Å²) in [6.07, 6.45) is -9.31. The molecule has 0 saturated carbocycles. The molecule has 8 heteroatoms. The zero-order valence-electron chi connectivity index (χ0n) is 10.6. The van der Waals surface area contributed by atoms with Crippen molar-refractivity contribution >= 4 is 22.6 Å². The van der Waals surface area contributed by atoms with E-state index in [1.165, 1.54) is 24.3 Å². The Morgan fingerprint density at radius 3 is 2.00 bits per heavy atom. The second-order valence-electron chi connectivity index (χ2n) is 4.27. The van der Waals surface area contributed by atoms with Crippen LogP contribution in [0.1, 0.15) is 5.56 Å². The highest BCUT2D eigenvalue weighted by atomic mass is 127. The molecule has 0 aliphatic heterocycles. The van der Waals surface area contributed by atoms with Gasteiger partial charge in [0, 0.05) is 0 Å². The molecule has 1 nitrogen and oxygen atoms in total. The quantitative estimate of drug-likeness (QED) is 0.426. The molecule has 0 heterocycles. The van der Waals surface area contributed by atoms with Crippen LogP contribution in [0.2, 0.25) is 0 Å². The molecule has 0 unspecified atom stereocenters. The van der Waals surface area contributed by atoms with Gasteiger partial charge < -0.3 is 4.74 Å². The van der Waals surface area contributed by atoms with E-state index in [0.29, 0.717) is 5.56 Å². The lowest BCUT2D eigenvalue weighted by Crippen LogP contribution is -2.17. The first-order valence-electron chi connectivity index (χ1n) is 5.79. The van der Waals surface area contributed by atoms with Crippen molar-refractivity contribution in [3.05, 3.63) is 51.6 Å². The van der Waals surface area contributed by atoms with Crippen molar-refractivity contribution in [3.8, 4) is 16.9 Å². The summed E-state index contributed by atoms with van der Waals surface area (Å²) in [6, 6.07) is 8.24. The van der Waals surface area contributed by atoms with Crippen molar-refractivity contribution in [1.82, 2.24) is 0 Å². The molecule has 0 N–H and O–H groups in total. The minimum Gasteiger partial charge on any atom is -0.405 e. The highest BCUT2D eigenvalue weighted by Crippen LogP contribution is 2.34. The van der Waals surface area contributed by atoms with Crippen LogP contribution in [0.5, 0.6) is 5.75 Å². The molecule has 118 valence electrons. The Morgan fingerprint density at radius 2 is 1.45 bits per heavy atom. The molecule has 2 aromatic carbocycles. The molecule has 0 saturated heterocycles. The van der Waals surface area contributed by atoms with Gasteiger partial charge in [-0.15, -0.1) is 13.2 Å². The maximum Gasteiger partial charge on any atom is 0.573 e. The van der Waals surface area contributed by atoms with Gasteiger partial charge in [-0.2, -0.15) is 13.2 Å². The molecule has 2 aromatic rings. The molecule has 0 atom stereocenters. The monoisotopic (exact) mass is 432 g/mol. The van der Waals surface area contributed by atoms with E-state index in [1.54, 1.807) is 22.6 Å². The number of rotatable bonds is 2. The predicted molar refractivity (Wildman–Crippen MR) is 76.3 cm³/mol. The van der Waals surface area contributed by atoms with Crippen LogP contribution in [0.15, 0.2) is 42.5 Å². The zero-order valence-corrected chi connectivity index (χ0v) is 12.8. The van der Waals surface area contributed by atoms with Gasteiger partial charge in [0.2, 0.25) is 0 Å². The normalized spacial score (nSPS) is 12.3. The topological polar surface area (TPSA) is 9.23 Å². The first-order valence-corrected chi connectivity index (χ1v) is 6.87. The second kappa shape index (κ2) is 5.98. The lowest BCUT2D eigenvalue weighted by atomic mass is 10.0. The fourth-order valence-electron chi connectivity index (χ4n) is 1.76. The van der Waals surface area contributed by atoms with Crippen molar-refractivity contribution in [2.75, 3.05) is 0 Å². The fraction of sp³-hybridized carbons (Fsp3) is 0.143. The van der Waals surface area contributed by atoms with Crippen molar-refractivity contribution in [3.63, 3.8) is 0 Å². The molecule has 0 fully saturated rings. The second-order valence-corrected chi connectivity index (χ2v) is 5.43. The maximum atomic E-state index is 12.7. The lowest BCUT2D eigenvalue weighted by molar-refractivity contribution is -0.274. The van der Waals surface area contributed by atoms with Crippen molar-refractivity contribution in [2.24, 2.45) is 0 Å². The minimum atomic E-state index is -4.82. The van der Waals surface area contributed by atoms with Crippen LogP contribution in [0, 0.1) is 3.57 Å². The summed E-state index contributed by atoms with van der Waals surface area (Å²) in [5.74, 6) is -0.399. The van der Waals surface area contributed by atoms with Crippen LogP contribution < -0.4 is 4.74 Å². The van der Waals surface area contributed by atoms with Gasteiger partial charge in [0.25, 0.3) is 0 Å². The number of ether oxygens (including phenoxy) is 1. The average molecular weight is 432 g/mol. The van der Waals surface area contributed by atoms with Crippen LogP contribution in [0.3, 0.4) is 0 Å². The summed E-state index contributed by atoms with van der Waals surface area (Å²) >= 11 is 1.63. The van der Waals surface area contributed by atoms with Gasteiger partial charge in [-0.3, -0.25) is 0 Å². The summed E-state index contributed by atoms with van der Waals surface area (Å²) in [5, 5.41) is 0. The smallest absolute Gasteiger partial charge is 0.405 e. The van der Waals surface area contributed by atoms with E-state index in [2.05, 4.69) is 4.74 Å². The summed E-state index contributed by atoms with van der Waals surface area (Å²) in [4.78, 5) is 0. The van der Waals surface area contributed by atoms with Crippen LogP contribution in [-0.4, -0.2) is 6.36 Å². The molecule has 0 amide bonds. The van der Waals surface area contributed by atoms with E-state index in [1.807, 2.05) is 0 Å². The van der Waals surface area contributed by atoms with Gasteiger partial charge in [0.1, 0.15) is 5.75 Å². The zero-order chi connectivity index (χ0) is 16.5. The van der Waals surface area contributed by atoms with Crippen LogP contribution in [0.4, 0.5) is 26.3 Å². The van der Waals surface area contributed by atoms with Gasteiger partial charge in [-0.1, -0.05) is 18.2 Å². The lowest BCUT2D eigenvalue weighted by Gasteiger charge is -2.12. The number of hydrogen-bond acceptors (Lipinski definition) is 1. The summed E-state index contributed by atoms with van der Waals surface area (Å²) in [5.41, 5.74) is -0.202. The van der Waals surface area contributed by atoms with E-state index in [-0.39, 0.29) is 9.13 Å². The Bertz CT molecular complexity index is 678. The third kappa shape index (κ3) is 4.28. The number of alkyl halides is 6. The van der Waals surface area contributed by atoms with Crippen LogP contribution >= 0.6 is 22.6 Å². The third-order valence-electron chi connectivity index (χ3n) is 2.68. The molecule has 0 aliphatic rings.